The van der Waals surface area contributed by atoms with Crippen molar-refractivity contribution < 1.29 is 14.3 Å². The second kappa shape index (κ2) is 7.78. The van der Waals surface area contributed by atoms with Gasteiger partial charge in [-0.2, -0.15) is 0 Å². The molecule has 1 aromatic rings. The highest BCUT2D eigenvalue weighted by molar-refractivity contribution is 6.03. The van der Waals surface area contributed by atoms with Gasteiger partial charge in [-0.15, -0.1) is 0 Å². The minimum atomic E-state index is -0.318. The number of nitrogens with one attached hydrogen (secondary N) is 2. The van der Waals surface area contributed by atoms with Crippen molar-refractivity contribution in [2.75, 3.05) is 25.6 Å². The molecule has 0 saturated heterocycles. The van der Waals surface area contributed by atoms with Gasteiger partial charge in [0.1, 0.15) is 6.42 Å². The van der Waals surface area contributed by atoms with Crippen LogP contribution >= 0.6 is 0 Å². The molecule has 0 heterocycles. The topological polar surface area (TPSA) is 67.4 Å². The first-order valence-electron chi connectivity index (χ1n) is 6.99. The van der Waals surface area contributed by atoms with Crippen molar-refractivity contribution in [3.63, 3.8) is 0 Å². The zero-order valence-corrected chi connectivity index (χ0v) is 13.2. The van der Waals surface area contributed by atoms with Crippen molar-refractivity contribution in [1.82, 2.24) is 5.32 Å². The van der Waals surface area contributed by atoms with Crippen LogP contribution in [0, 0.1) is 0 Å². The van der Waals surface area contributed by atoms with E-state index in [0.29, 0.717) is 13.2 Å². The molecule has 21 heavy (non-hydrogen) atoms. The number of carbonyl (C=O) groups excluding carboxylic acids is 2. The van der Waals surface area contributed by atoms with Crippen molar-refractivity contribution in [3.8, 4) is 0 Å². The highest BCUT2D eigenvalue weighted by Crippen LogP contribution is 2.29. The van der Waals surface area contributed by atoms with Crippen LogP contribution in [0.3, 0.4) is 0 Å². The van der Waals surface area contributed by atoms with E-state index in [1.807, 2.05) is 24.3 Å². The first-order valence-corrected chi connectivity index (χ1v) is 6.99. The molecule has 2 amide bonds. The van der Waals surface area contributed by atoms with Crippen LogP contribution in [0.2, 0.25) is 0 Å². The lowest BCUT2D eigenvalue weighted by molar-refractivity contribution is -0.126. The van der Waals surface area contributed by atoms with E-state index in [4.69, 9.17) is 4.74 Å². The first-order chi connectivity index (χ1) is 9.84. The van der Waals surface area contributed by atoms with E-state index in [2.05, 4.69) is 31.4 Å². The number of anilines is 1. The van der Waals surface area contributed by atoms with E-state index in [9.17, 15) is 9.59 Å². The SMILES string of the molecule is COCCNC(=O)CC(=O)Nc1ccccc1C(C)(C)C. The standard InChI is InChI=1S/C16H24N2O3/c1-16(2,3)12-7-5-6-8-13(12)18-15(20)11-14(19)17-9-10-21-4/h5-8H,9-11H2,1-4H3,(H,17,19)(H,18,20). The van der Waals surface area contributed by atoms with Crippen molar-refractivity contribution in [2.24, 2.45) is 0 Å². The van der Waals surface area contributed by atoms with Crippen LogP contribution in [0.15, 0.2) is 24.3 Å². The monoisotopic (exact) mass is 292 g/mol. The van der Waals surface area contributed by atoms with Crippen LogP contribution in [-0.2, 0) is 19.7 Å². The van der Waals surface area contributed by atoms with Crippen molar-refractivity contribution in [1.29, 1.82) is 0 Å². The van der Waals surface area contributed by atoms with Gasteiger partial charge in [0.25, 0.3) is 0 Å². The van der Waals surface area contributed by atoms with E-state index < -0.39 is 0 Å². The minimum Gasteiger partial charge on any atom is -0.383 e. The zero-order valence-electron chi connectivity index (χ0n) is 13.2. The van der Waals surface area contributed by atoms with Gasteiger partial charge in [-0.05, 0) is 17.0 Å². The summed E-state index contributed by atoms with van der Waals surface area (Å²) in [4.78, 5) is 23.5. The molecule has 0 radical (unpaired) electrons. The van der Waals surface area contributed by atoms with Gasteiger partial charge in [0.2, 0.25) is 11.8 Å². The number of ether oxygens (including phenoxy) is 1. The molecule has 1 aromatic carbocycles. The molecule has 2 N–H and O–H groups in total. The van der Waals surface area contributed by atoms with E-state index in [1.165, 1.54) is 0 Å². The quantitative estimate of drug-likeness (QED) is 0.623. The Kier molecular flexibility index (Phi) is 6.37. The maximum Gasteiger partial charge on any atom is 0.233 e. The summed E-state index contributed by atoms with van der Waals surface area (Å²) >= 11 is 0. The molecule has 116 valence electrons. The predicted molar refractivity (Wildman–Crippen MR) is 83.3 cm³/mol. The van der Waals surface area contributed by atoms with Crippen LogP contribution < -0.4 is 10.6 Å². The lowest BCUT2D eigenvalue weighted by Gasteiger charge is -2.22. The largest absolute Gasteiger partial charge is 0.383 e. The Hall–Kier alpha value is -1.88. The number of amides is 2. The summed E-state index contributed by atoms with van der Waals surface area (Å²) < 4.78 is 4.83. The van der Waals surface area contributed by atoms with Crippen LogP contribution in [0.25, 0.3) is 0 Å². The van der Waals surface area contributed by atoms with Crippen LogP contribution in [0.1, 0.15) is 32.8 Å². The Morgan fingerprint density at radius 1 is 1.14 bits per heavy atom. The van der Waals surface area contributed by atoms with Gasteiger partial charge < -0.3 is 15.4 Å². The van der Waals surface area contributed by atoms with Gasteiger partial charge in [0.05, 0.1) is 6.61 Å². The third kappa shape index (κ3) is 5.95. The molecule has 5 heteroatoms. The molecule has 0 aliphatic carbocycles. The molecule has 1 rings (SSSR count). The fraction of sp³-hybridized carbons (Fsp3) is 0.500. The fourth-order valence-electron chi connectivity index (χ4n) is 1.94. The van der Waals surface area contributed by atoms with Crippen LogP contribution in [-0.4, -0.2) is 32.1 Å². The number of methoxy groups -OCH3 is 1. The third-order valence-electron chi connectivity index (χ3n) is 2.96. The van der Waals surface area contributed by atoms with Gasteiger partial charge in [-0.1, -0.05) is 39.0 Å². The molecular weight excluding hydrogens is 268 g/mol. The van der Waals surface area contributed by atoms with Crippen LogP contribution in [0.4, 0.5) is 5.69 Å². The lowest BCUT2D eigenvalue weighted by atomic mass is 9.86. The second-order valence-electron chi connectivity index (χ2n) is 5.86. The number of carbonyl (C=O) groups is 2. The number of benzene rings is 1. The van der Waals surface area contributed by atoms with Gasteiger partial charge in [-0.3, -0.25) is 9.59 Å². The Morgan fingerprint density at radius 2 is 1.81 bits per heavy atom. The predicted octanol–water partition coefficient (Wildman–Crippen LogP) is 2.08. The van der Waals surface area contributed by atoms with Crippen molar-refractivity contribution >= 4 is 17.5 Å². The fourth-order valence-corrected chi connectivity index (χ4v) is 1.94. The average Bonchev–Trinajstić information content (AvgIpc) is 2.38. The normalized spacial score (nSPS) is 11.0. The summed E-state index contributed by atoms with van der Waals surface area (Å²) in [6.07, 6.45) is -0.192. The number of rotatable bonds is 6. The summed E-state index contributed by atoms with van der Waals surface area (Å²) in [5.74, 6) is -0.626. The van der Waals surface area contributed by atoms with Gasteiger partial charge in [-0.25, -0.2) is 0 Å². The van der Waals surface area contributed by atoms with Gasteiger partial charge in [0, 0.05) is 19.3 Å². The third-order valence-corrected chi connectivity index (χ3v) is 2.96. The van der Waals surface area contributed by atoms with Crippen LogP contribution in [0.5, 0.6) is 0 Å². The smallest absolute Gasteiger partial charge is 0.233 e. The summed E-state index contributed by atoms with van der Waals surface area (Å²) in [6.45, 7) is 7.07. The summed E-state index contributed by atoms with van der Waals surface area (Å²) in [6, 6.07) is 7.63. The molecule has 0 bridgehead atoms. The lowest BCUT2D eigenvalue weighted by Crippen LogP contribution is -2.30. The van der Waals surface area contributed by atoms with Gasteiger partial charge in [0.15, 0.2) is 0 Å². The van der Waals surface area contributed by atoms with E-state index in [-0.39, 0.29) is 23.7 Å². The van der Waals surface area contributed by atoms with Gasteiger partial charge >= 0.3 is 0 Å². The van der Waals surface area contributed by atoms with E-state index in [1.54, 1.807) is 7.11 Å². The molecule has 0 atom stereocenters. The maximum atomic E-state index is 11.9. The Labute approximate surface area is 126 Å². The molecular formula is C16H24N2O3. The molecule has 0 aromatic heterocycles. The summed E-state index contributed by atoms with van der Waals surface area (Å²) in [5.41, 5.74) is 1.71. The highest BCUT2D eigenvalue weighted by atomic mass is 16.5. The Morgan fingerprint density at radius 3 is 2.43 bits per heavy atom. The molecule has 0 saturated carbocycles. The van der Waals surface area contributed by atoms with Crippen molar-refractivity contribution in [3.05, 3.63) is 29.8 Å². The molecule has 0 aliphatic heterocycles. The number of hydrogen-bond acceptors (Lipinski definition) is 3. The van der Waals surface area contributed by atoms with E-state index in [0.717, 1.165) is 11.3 Å². The average molecular weight is 292 g/mol. The second-order valence-corrected chi connectivity index (χ2v) is 5.86. The summed E-state index contributed by atoms with van der Waals surface area (Å²) in [5, 5.41) is 5.43. The molecule has 0 unspecified atom stereocenters. The minimum absolute atomic E-state index is 0.0788. The maximum absolute atomic E-state index is 11.9. The first kappa shape index (κ1) is 17.2. The number of hydrogen-bond donors (Lipinski definition) is 2. The zero-order chi connectivity index (χ0) is 15.9. The molecule has 0 spiro atoms. The summed E-state index contributed by atoms with van der Waals surface area (Å²) in [7, 11) is 1.56. The Balaban J connectivity index is 2.61. The van der Waals surface area contributed by atoms with Crippen molar-refractivity contribution in [2.45, 2.75) is 32.6 Å². The molecule has 5 nitrogen and oxygen atoms in total. The molecule has 0 fully saturated rings. The highest BCUT2D eigenvalue weighted by Gasteiger charge is 2.19. The van der Waals surface area contributed by atoms with E-state index >= 15 is 0 Å². The number of para-hydroxylation sites is 1. The Bertz CT molecular complexity index is 493. The molecule has 0 aliphatic rings.